The molecule has 0 atom stereocenters. The van der Waals surface area contributed by atoms with Crippen molar-refractivity contribution in [3.8, 4) is 17.2 Å². The Morgan fingerprint density at radius 2 is 1.62 bits per heavy atom. The first-order valence-corrected chi connectivity index (χ1v) is 8.86. The third-order valence-electron chi connectivity index (χ3n) is 4.58. The zero-order valence-electron chi connectivity index (χ0n) is 17.1. The molecule has 0 aliphatic rings. The van der Waals surface area contributed by atoms with Gasteiger partial charge in [-0.25, -0.2) is 15.0 Å². The number of fused-ring (bicyclic) bond motifs is 1. The van der Waals surface area contributed by atoms with Crippen LogP contribution in [0.5, 0.6) is 17.2 Å². The van der Waals surface area contributed by atoms with Crippen molar-refractivity contribution in [1.82, 2.24) is 19.5 Å². The number of nitrogens with two attached hydrogens (primary N) is 1. The average molecular weight is 403 g/mol. The Morgan fingerprint density at radius 1 is 0.966 bits per heavy atom. The van der Waals surface area contributed by atoms with E-state index >= 15 is 0 Å². The van der Waals surface area contributed by atoms with Crippen molar-refractivity contribution in [3.05, 3.63) is 29.8 Å². The molecule has 0 saturated heterocycles. The summed E-state index contributed by atoms with van der Waals surface area (Å²) in [6, 6.07) is 3.76. The normalized spacial score (nSPS) is 11.2. The number of hydrogen-bond acceptors (Lipinski definition) is 9. The van der Waals surface area contributed by atoms with E-state index in [0.29, 0.717) is 47.2 Å². The van der Waals surface area contributed by atoms with E-state index in [0.717, 1.165) is 11.4 Å². The van der Waals surface area contributed by atoms with Crippen molar-refractivity contribution in [2.75, 3.05) is 41.3 Å². The van der Waals surface area contributed by atoms with E-state index in [2.05, 4.69) is 15.0 Å². The molecule has 0 bridgehead atoms. The van der Waals surface area contributed by atoms with Crippen LogP contribution in [-0.4, -0.2) is 61.4 Å². The highest BCUT2D eigenvalue weighted by Gasteiger charge is 2.20. The van der Waals surface area contributed by atoms with E-state index in [1.54, 1.807) is 35.5 Å². The summed E-state index contributed by atoms with van der Waals surface area (Å²) < 4.78 is 28.9. The lowest BCUT2D eigenvalue weighted by molar-refractivity contribution is -0.110. The Labute approximate surface area is 168 Å². The van der Waals surface area contributed by atoms with Gasteiger partial charge in [-0.2, -0.15) is 0 Å². The maximum absolute atomic E-state index is 6.01. The highest BCUT2D eigenvalue weighted by molar-refractivity contribution is 5.81. The van der Waals surface area contributed by atoms with Gasteiger partial charge in [-0.1, -0.05) is 0 Å². The predicted molar refractivity (Wildman–Crippen MR) is 106 cm³/mol. The van der Waals surface area contributed by atoms with Crippen molar-refractivity contribution < 1.29 is 23.7 Å². The quantitative estimate of drug-likeness (QED) is 0.532. The fourth-order valence-corrected chi connectivity index (χ4v) is 3.14. The molecule has 1 aromatic carbocycles. The molecule has 3 aromatic rings. The summed E-state index contributed by atoms with van der Waals surface area (Å²) in [4.78, 5) is 13.1. The van der Waals surface area contributed by atoms with Crippen LogP contribution in [0.25, 0.3) is 11.2 Å². The second-order valence-electron chi connectivity index (χ2n) is 6.18. The largest absolute Gasteiger partial charge is 0.493 e. The van der Waals surface area contributed by atoms with Gasteiger partial charge in [0.1, 0.15) is 12.2 Å². The molecule has 0 aliphatic carbocycles. The molecule has 2 aromatic heterocycles. The van der Waals surface area contributed by atoms with Gasteiger partial charge >= 0.3 is 0 Å². The van der Waals surface area contributed by atoms with Crippen LogP contribution in [0.4, 0.5) is 5.82 Å². The Balaban J connectivity index is 2.09. The van der Waals surface area contributed by atoms with Gasteiger partial charge in [0, 0.05) is 20.6 Å². The van der Waals surface area contributed by atoms with Crippen LogP contribution in [-0.2, 0) is 22.4 Å². The zero-order chi connectivity index (χ0) is 21.0. The molecule has 0 aliphatic heterocycles. The first kappa shape index (κ1) is 20.6. The Hall–Kier alpha value is -3.11. The number of ether oxygens (including phenoxy) is 5. The maximum Gasteiger partial charge on any atom is 0.203 e. The fraction of sp³-hybridized carbons (Fsp3) is 0.421. The number of anilines is 1. The molecule has 0 amide bonds. The summed E-state index contributed by atoms with van der Waals surface area (Å²) in [5.74, 6) is 2.69. The lowest BCUT2D eigenvalue weighted by Gasteiger charge is -2.17. The van der Waals surface area contributed by atoms with Crippen LogP contribution in [0, 0.1) is 0 Å². The van der Waals surface area contributed by atoms with Gasteiger partial charge in [0.15, 0.2) is 34.8 Å². The molecule has 0 radical (unpaired) electrons. The number of hydrogen-bond donors (Lipinski definition) is 1. The monoisotopic (exact) mass is 403 g/mol. The number of aromatic nitrogens is 4. The molecular weight excluding hydrogens is 378 g/mol. The molecule has 0 fully saturated rings. The number of nitrogens with zero attached hydrogens (tertiary/aromatic N) is 4. The van der Waals surface area contributed by atoms with Gasteiger partial charge in [0.2, 0.25) is 5.75 Å². The van der Waals surface area contributed by atoms with Crippen molar-refractivity contribution in [1.29, 1.82) is 0 Å². The minimum absolute atomic E-state index is 0.311. The van der Waals surface area contributed by atoms with Gasteiger partial charge < -0.3 is 34.0 Å². The van der Waals surface area contributed by atoms with E-state index in [9.17, 15) is 0 Å². The molecule has 0 spiro atoms. The number of nitrogen functional groups attached to an aromatic ring is 1. The van der Waals surface area contributed by atoms with E-state index in [-0.39, 0.29) is 0 Å². The van der Waals surface area contributed by atoms with Crippen LogP contribution in [0.2, 0.25) is 0 Å². The molecule has 29 heavy (non-hydrogen) atoms. The zero-order valence-corrected chi connectivity index (χ0v) is 17.1. The number of methoxy groups -OCH3 is 5. The molecule has 156 valence electrons. The molecule has 3 rings (SSSR count). The summed E-state index contributed by atoms with van der Waals surface area (Å²) in [5.41, 5.74) is 8.06. The summed E-state index contributed by atoms with van der Waals surface area (Å²) in [6.07, 6.45) is 1.41. The smallest absolute Gasteiger partial charge is 0.203 e. The second kappa shape index (κ2) is 8.93. The van der Waals surface area contributed by atoms with Gasteiger partial charge in [-0.3, -0.25) is 0 Å². The Morgan fingerprint density at radius 3 is 2.17 bits per heavy atom. The summed E-state index contributed by atoms with van der Waals surface area (Å²) in [6.45, 7) is 0.389. The minimum Gasteiger partial charge on any atom is -0.493 e. The third-order valence-corrected chi connectivity index (χ3v) is 4.58. The van der Waals surface area contributed by atoms with Gasteiger partial charge in [-0.05, 0) is 17.7 Å². The Bertz CT molecular complexity index is 962. The number of rotatable bonds is 9. The van der Waals surface area contributed by atoms with Crippen molar-refractivity contribution in [2.45, 2.75) is 19.3 Å². The van der Waals surface area contributed by atoms with E-state index in [1.807, 2.05) is 16.7 Å². The minimum atomic E-state index is -0.470. The van der Waals surface area contributed by atoms with E-state index in [1.165, 1.54) is 6.33 Å². The first-order chi connectivity index (χ1) is 14.1. The fourth-order valence-electron chi connectivity index (χ4n) is 3.14. The standard InChI is InChI=1S/C19H25N5O5/c1-25-12-6-11(7-13(26-2)17(12)29-5)8-14-23-16-18(20)21-10-22-19(16)24(14)9-15(27-3)28-4/h6-7,10,15H,8-9H2,1-5H3,(H2,20,21,22). The molecular formula is C19H25N5O5. The topological polar surface area (TPSA) is 116 Å². The van der Waals surface area contributed by atoms with Crippen LogP contribution in [0.15, 0.2) is 18.5 Å². The van der Waals surface area contributed by atoms with E-state index < -0.39 is 6.29 Å². The predicted octanol–water partition coefficient (Wildman–Crippen LogP) is 1.64. The molecule has 0 saturated carbocycles. The summed E-state index contributed by atoms with van der Waals surface area (Å²) in [7, 11) is 7.88. The van der Waals surface area contributed by atoms with Crippen molar-refractivity contribution in [2.24, 2.45) is 0 Å². The van der Waals surface area contributed by atoms with E-state index in [4.69, 9.17) is 29.4 Å². The van der Waals surface area contributed by atoms with Crippen LogP contribution < -0.4 is 19.9 Å². The Kier molecular flexibility index (Phi) is 6.35. The van der Waals surface area contributed by atoms with Crippen LogP contribution >= 0.6 is 0 Å². The van der Waals surface area contributed by atoms with Gasteiger partial charge in [0.25, 0.3) is 0 Å². The lowest BCUT2D eigenvalue weighted by Crippen LogP contribution is -2.22. The molecule has 2 heterocycles. The average Bonchev–Trinajstić information content (AvgIpc) is 3.09. The molecule has 2 N–H and O–H groups in total. The summed E-state index contributed by atoms with van der Waals surface area (Å²) >= 11 is 0. The molecule has 10 nitrogen and oxygen atoms in total. The molecule has 0 unspecified atom stereocenters. The molecule has 10 heteroatoms. The van der Waals surface area contributed by atoms with Crippen LogP contribution in [0.1, 0.15) is 11.4 Å². The highest BCUT2D eigenvalue weighted by Crippen LogP contribution is 2.38. The second-order valence-corrected chi connectivity index (χ2v) is 6.18. The van der Waals surface area contributed by atoms with Crippen LogP contribution in [0.3, 0.4) is 0 Å². The number of benzene rings is 1. The lowest BCUT2D eigenvalue weighted by atomic mass is 10.1. The highest BCUT2D eigenvalue weighted by atomic mass is 16.7. The third kappa shape index (κ3) is 4.03. The number of imidazole rings is 1. The maximum atomic E-state index is 6.01. The SMILES string of the molecule is COc1cc(Cc2nc3c(N)ncnc3n2CC(OC)OC)cc(OC)c1OC. The van der Waals surface area contributed by atoms with Crippen molar-refractivity contribution >= 4 is 17.0 Å². The van der Waals surface area contributed by atoms with Crippen molar-refractivity contribution in [3.63, 3.8) is 0 Å². The van der Waals surface area contributed by atoms with Gasteiger partial charge in [-0.15, -0.1) is 0 Å². The summed E-state index contributed by atoms with van der Waals surface area (Å²) in [5, 5.41) is 0. The first-order valence-electron chi connectivity index (χ1n) is 8.86. The van der Waals surface area contributed by atoms with Gasteiger partial charge in [0.05, 0.1) is 27.9 Å².